The van der Waals surface area contributed by atoms with Crippen LogP contribution >= 0.6 is 11.3 Å². The van der Waals surface area contributed by atoms with Crippen LogP contribution in [0.4, 0.5) is 0 Å². The molecule has 5 aromatic rings. The molecule has 0 bridgehead atoms. The highest BCUT2D eigenvalue weighted by Gasteiger charge is 2.26. The number of H-pyrrole nitrogens is 1. The normalized spacial score (nSPS) is 13.7. The van der Waals surface area contributed by atoms with E-state index in [4.69, 9.17) is 14.1 Å². The molecule has 3 heterocycles. The zero-order valence-electron chi connectivity index (χ0n) is 16.6. The molecule has 2 aromatic carbocycles. The van der Waals surface area contributed by atoms with Gasteiger partial charge in [0.1, 0.15) is 17.9 Å². The van der Waals surface area contributed by atoms with Gasteiger partial charge < -0.3 is 9.15 Å². The molecular formula is C23H19N5O2S. The van der Waals surface area contributed by atoms with Crippen molar-refractivity contribution in [3.05, 3.63) is 76.6 Å². The van der Waals surface area contributed by atoms with Gasteiger partial charge in [0.25, 0.3) is 0 Å². The Morgan fingerprint density at radius 1 is 1.10 bits per heavy atom. The van der Waals surface area contributed by atoms with Crippen molar-refractivity contribution >= 4 is 22.3 Å². The Balaban J connectivity index is 1.20. The summed E-state index contributed by atoms with van der Waals surface area (Å²) in [5, 5.41) is 18.2. The average Bonchev–Trinajstić information content (AvgIpc) is 3.19. The van der Waals surface area contributed by atoms with E-state index < -0.39 is 0 Å². The molecule has 1 aliphatic carbocycles. The number of hydrogen-bond acceptors (Lipinski definition) is 7. The lowest BCUT2D eigenvalue weighted by Crippen LogP contribution is -2.02. The van der Waals surface area contributed by atoms with Crippen molar-refractivity contribution in [3.8, 4) is 16.5 Å². The molecule has 8 heteroatoms. The second kappa shape index (κ2) is 7.63. The van der Waals surface area contributed by atoms with Crippen molar-refractivity contribution in [2.24, 2.45) is 0 Å². The molecule has 1 fully saturated rings. The Kier molecular flexibility index (Phi) is 4.49. The second-order valence-corrected chi connectivity index (χ2v) is 8.60. The molecule has 0 radical (unpaired) electrons. The van der Waals surface area contributed by atoms with Crippen molar-refractivity contribution in [1.29, 1.82) is 0 Å². The third kappa shape index (κ3) is 3.82. The first-order chi connectivity index (χ1) is 15.3. The Morgan fingerprint density at radius 2 is 2.00 bits per heavy atom. The van der Waals surface area contributed by atoms with Gasteiger partial charge in [0, 0.05) is 23.1 Å². The van der Waals surface area contributed by atoms with E-state index >= 15 is 0 Å². The number of thiazole rings is 1. The topological polar surface area (TPSA) is 89.7 Å². The third-order valence-electron chi connectivity index (χ3n) is 5.48. The number of hydrogen-bond donors (Lipinski definition) is 1. The monoisotopic (exact) mass is 429 g/mol. The smallest absolute Gasteiger partial charge is 0.164 e. The number of benzene rings is 2. The highest BCUT2D eigenvalue weighted by molar-refractivity contribution is 7.13. The van der Waals surface area contributed by atoms with Crippen LogP contribution in [0, 0.1) is 0 Å². The number of aromatic nitrogens is 5. The van der Waals surface area contributed by atoms with E-state index in [0.717, 1.165) is 44.4 Å². The van der Waals surface area contributed by atoms with E-state index in [1.54, 1.807) is 11.3 Å². The van der Waals surface area contributed by atoms with Crippen LogP contribution in [-0.4, -0.2) is 25.6 Å². The zero-order chi connectivity index (χ0) is 20.6. The minimum absolute atomic E-state index is 0.463. The summed E-state index contributed by atoms with van der Waals surface area (Å²) in [7, 11) is 0. The van der Waals surface area contributed by atoms with Gasteiger partial charge in [0.05, 0.1) is 5.69 Å². The van der Waals surface area contributed by atoms with E-state index in [2.05, 4.69) is 38.1 Å². The molecule has 6 rings (SSSR count). The van der Waals surface area contributed by atoms with Crippen LogP contribution in [0.1, 0.15) is 41.4 Å². The fraction of sp³-hybridized carbons (Fsp3) is 0.217. The predicted octanol–water partition coefficient (Wildman–Crippen LogP) is 5.12. The Morgan fingerprint density at radius 3 is 2.84 bits per heavy atom. The van der Waals surface area contributed by atoms with Gasteiger partial charge in [0.15, 0.2) is 16.6 Å². The maximum Gasteiger partial charge on any atom is 0.164 e. The second-order valence-electron chi connectivity index (χ2n) is 7.74. The first kappa shape index (κ1) is 18.3. The van der Waals surface area contributed by atoms with Gasteiger partial charge in [-0.3, -0.25) is 0 Å². The minimum Gasteiger partial charge on any atom is -0.489 e. The van der Waals surface area contributed by atoms with Crippen LogP contribution in [-0.2, 0) is 13.0 Å². The van der Waals surface area contributed by atoms with Crippen LogP contribution < -0.4 is 4.74 Å². The first-order valence-electron chi connectivity index (χ1n) is 10.2. The number of nitrogens with zero attached hydrogens (tertiary/aromatic N) is 4. The molecule has 0 atom stereocenters. The lowest BCUT2D eigenvalue weighted by Gasteiger charge is -2.10. The summed E-state index contributed by atoms with van der Waals surface area (Å²) in [5.41, 5.74) is 4.26. The maximum atomic E-state index is 6.10. The van der Waals surface area contributed by atoms with Gasteiger partial charge in [-0.1, -0.05) is 24.3 Å². The molecule has 0 amide bonds. The maximum absolute atomic E-state index is 6.10. The van der Waals surface area contributed by atoms with Crippen molar-refractivity contribution in [2.45, 2.75) is 31.8 Å². The molecule has 31 heavy (non-hydrogen) atoms. The lowest BCUT2D eigenvalue weighted by molar-refractivity contribution is 0.305. The van der Waals surface area contributed by atoms with E-state index in [1.165, 1.54) is 18.5 Å². The summed E-state index contributed by atoms with van der Waals surface area (Å²) in [4.78, 5) is 4.75. The van der Waals surface area contributed by atoms with E-state index in [1.807, 2.05) is 36.4 Å². The molecule has 0 aliphatic heterocycles. The van der Waals surface area contributed by atoms with Gasteiger partial charge >= 0.3 is 0 Å². The third-order valence-corrected chi connectivity index (χ3v) is 6.35. The van der Waals surface area contributed by atoms with Crippen molar-refractivity contribution in [2.75, 3.05) is 0 Å². The number of nitrogens with one attached hydrogen (secondary N) is 1. The average molecular weight is 430 g/mol. The molecule has 1 saturated carbocycles. The van der Waals surface area contributed by atoms with E-state index in [-0.39, 0.29) is 0 Å². The Hall–Kier alpha value is -3.52. The van der Waals surface area contributed by atoms with Crippen LogP contribution in [0.3, 0.4) is 0 Å². The molecule has 154 valence electrons. The highest BCUT2D eigenvalue weighted by atomic mass is 32.1. The van der Waals surface area contributed by atoms with Crippen LogP contribution in [0.15, 0.2) is 58.3 Å². The zero-order valence-corrected chi connectivity index (χ0v) is 17.4. The summed E-state index contributed by atoms with van der Waals surface area (Å²) in [5.74, 6) is 2.99. The van der Waals surface area contributed by atoms with Crippen molar-refractivity contribution < 1.29 is 9.15 Å². The number of ether oxygens (including phenoxy) is 1. The molecule has 3 aromatic heterocycles. The molecule has 0 spiro atoms. The van der Waals surface area contributed by atoms with Crippen molar-refractivity contribution in [1.82, 2.24) is 25.6 Å². The lowest BCUT2D eigenvalue weighted by atomic mass is 10.1. The van der Waals surface area contributed by atoms with Gasteiger partial charge in [0.2, 0.25) is 0 Å². The quantitative estimate of drug-likeness (QED) is 0.386. The number of fused-ring (bicyclic) bond motifs is 1. The summed E-state index contributed by atoms with van der Waals surface area (Å²) in [6, 6.07) is 16.1. The van der Waals surface area contributed by atoms with Gasteiger partial charge in [-0.05, 0) is 58.7 Å². The fourth-order valence-corrected chi connectivity index (χ4v) is 4.50. The molecule has 0 unspecified atom stereocenters. The van der Waals surface area contributed by atoms with Crippen LogP contribution in [0.5, 0.6) is 5.75 Å². The number of rotatable bonds is 7. The molecular weight excluding hydrogens is 410 g/mol. The first-order valence-corrected chi connectivity index (χ1v) is 11.1. The standard InChI is InChI=1S/C23H19N5O2S/c1-2-4-16(15(3-1)11-22-25-27-28-26-22)12-29-18-7-8-20-17(9-18)10-21(30-20)23-24-19(13-31-23)14-5-6-14/h1-4,7-10,13-14H,5-6,11-12H2,(H,25,26,27,28). The van der Waals surface area contributed by atoms with Gasteiger partial charge in [-0.25, -0.2) is 10.1 Å². The Labute approximate surface area is 182 Å². The summed E-state index contributed by atoms with van der Waals surface area (Å²) in [6.07, 6.45) is 3.14. The van der Waals surface area contributed by atoms with Gasteiger partial charge in [-0.2, -0.15) is 0 Å². The van der Waals surface area contributed by atoms with Crippen LogP contribution in [0.25, 0.3) is 21.7 Å². The minimum atomic E-state index is 0.463. The summed E-state index contributed by atoms with van der Waals surface area (Å²) < 4.78 is 12.1. The highest BCUT2D eigenvalue weighted by Crippen LogP contribution is 2.42. The molecule has 0 saturated heterocycles. The molecule has 7 nitrogen and oxygen atoms in total. The fourth-order valence-electron chi connectivity index (χ4n) is 3.65. The SMILES string of the molecule is c1ccc(Cc2nnn[nH]2)c(COc2ccc3oc(-c4nc(C5CC5)cs4)cc3c2)c1. The molecule has 1 N–H and O–H groups in total. The van der Waals surface area contributed by atoms with Crippen LogP contribution in [0.2, 0.25) is 0 Å². The molecule has 1 aliphatic rings. The number of aromatic amines is 1. The number of tetrazole rings is 1. The largest absolute Gasteiger partial charge is 0.489 e. The van der Waals surface area contributed by atoms with E-state index in [9.17, 15) is 0 Å². The summed E-state index contributed by atoms with van der Waals surface area (Å²) >= 11 is 1.65. The summed E-state index contributed by atoms with van der Waals surface area (Å²) in [6.45, 7) is 0.463. The van der Waals surface area contributed by atoms with Crippen molar-refractivity contribution in [3.63, 3.8) is 0 Å². The number of furan rings is 1. The Bertz CT molecular complexity index is 1340. The van der Waals surface area contributed by atoms with E-state index in [0.29, 0.717) is 18.9 Å². The predicted molar refractivity (Wildman–Crippen MR) is 117 cm³/mol. The van der Waals surface area contributed by atoms with Gasteiger partial charge in [-0.15, -0.1) is 16.4 Å².